The Morgan fingerprint density at radius 2 is 2.10 bits per heavy atom. The zero-order valence-electron chi connectivity index (χ0n) is 11.4. The van der Waals surface area contributed by atoms with E-state index in [4.69, 9.17) is 17.3 Å². The second-order valence-electron chi connectivity index (χ2n) is 4.82. The third-order valence-electron chi connectivity index (χ3n) is 2.93. The number of hydrogen-bond acceptors (Lipinski definition) is 3. The number of nitrogen functional groups attached to an aromatic ring is 1. The van der Waals surface area contributed by atoms with Crippen molar-refractivity contribution >= 4 is 29.0 Å². The van der Waals surface area contributed by atoms with Gasteiger partial charge in [-0.3, -0.25) is 4.79 Å². The number of pyridine rings is 1. The molecule has 0 atom stereocenters. The lowest BCUT2D eigenvalue weighted by Gasteiger charge is -2.10. The van der Waals surface area contributed by atoms with Crippen molar-refractivity contribution in [3.63, 3.8) is 0 Å². The molecule has 0 unspecified atom stereocenters. The minimum atomic E-state index is -0.301. The van der Waals surface area contributed by atoms with Crippen LogP contribution in [0.1, 0.15) is 35.7 Å². The fraction of sp³-hybridized carbons (Fsp3) is 0.200. The van der Waals surface area contributed by atoms with Gasteiger partial charge in [-0.05, 0) is 29.7 Å². The minimum absolute atomic E-state index is 0.260. The molecule has 5 heteroatoms. The van der Waals surface area contributed by atoms with E-state index in [0.717, 1.165) is 11.3 Å². The molecule has 0 bridgehead atoms. The molecule has 2 rings (SSSR count). The molecule has 0 fully saturated rings. The van der Waals surface area contributed by atoms with E-state index < -0.39 is 0 Å². The lowest BCUT2D eigenvalue weighted by Crippen LogP contribution is -2.13. The highest BCUT2D eigenvalue weighted by Crippen LogP contribution is 2.21. The van der Waals surface area contributed by atoms with Crippen molar-refractivity contribution in [3.05, 3.63) is 52.7 Å². The zero-order valence-corrected chi connectivity index (χ0v) is 12.1. The van der Waals surface area contributed by atoms with Crippen molar-refractivity contribution in [2.45, 2.75) is 19.8 Å². The monoisotopic (exact) mass is 289 g/mol. The van der Waals surface area contributed by atoms with Gasteiger partial charge in [0.2, 0.25) is 0 Å². The Hall–Kier alpha value is -2.07. The lowest BCUT2D eigenvalue weighted by atomic mass is 10.0. The first-order chi connectivity index (χ1) is 9.47. The highest BCUT2D eigenvalue weighted by Gasteiger charge is 2.12. The highest BCUT2D eigenvalue weighted by atomic mass is 35.5. The summed E-state index contributed by atoms with van der Waals surface area (Å²) in [5.41, 5.74) is 7.77. The molecule has 1 amide bonds. The number of carbonyl (C=O) groups is 1. The molecule has 0 aliphatic carbocycles. The van der Waals surface area contributed by atoms with Gasteiger partial charge >= 0.3 is 0 Å². The number of hydrogen-bond donors (Lipinski definition) is 2. The van der Waals surface area contributed by atoms with Gasteiger partial charge in [0.05, 0.1) is 10.6 Å². The number of rotatable bonds is 3. The zero-order chi connectivity index (χ0) is 14.7. The first-order valence-electron chi connectivity index (χ1n) is 6.29. The van der Waals surface area contributed by atoms with Crippen molar-refractivity contribution in [2.75, 3.05) is 11.1 Å². The SMILES string of the molecule is CC(C)c1cccc(NC(=O)c2cc(N)ncc2Cl)c1. The van der Waals surface area contributed by atoms with Crippen LogP contribution in [0, 0.1) is 0 Å². The second kappa shape index (κ2) is 5.92. The van der Waals surface area contributed by atoms with E-state index >= 15 is 0 Å². The summed E-state index contributed by atoms with van der Waals surface area (Å²) in [6.07, 6.45) is 1.37. The molecule has 1 heterocycles. The minimum Gasteiger partial charge on any atom is -0.384 e. The number of amides is 1. The molecule has 1 aromatic heterocycles. The largest absolute Gasteiger partial charge is 0.384 e. The normalized spacial score (nSPS) is 10.6. The summed E-state index contributed by atoms with van der Waals surface area (Å²) in [6.45, 7) is 4.20. The Morgan fingerprint density at radius 3 is 2.80 bits per heavy atom. The number of anilines is 2. The van der Waals surface area contributed by atoms with Crippen LogP contribution in [-0.2, 0) is 0 Å². The number of nitrogens with two attached hydrogens (primary N) is 1. The van der Waals surface area contributed by atoms with Crippen molar-refractivity contribution in [1.82, 2.24) is 4.98 Å². The number of nitrogens with zero attached hydrogens (tertiary/aromatic N) is 1. The van der Waals surface area contributed by atoms with Gasteiger partial charge in [0.25, 0.3) is 5.91 Å². The molecule has 4 nitrogen and oxygen atoms in total. The average molecular weight is 290 g/mol. The van der Waals surface area contributed by atoms with Crippen LogP contribution >= 0.6 is 11.6 Å². The van der Waals surface area contributed by atoms with Gasteiger partial charge < -0.3 is 11.1 Å². The molecule has 0 spiro atoms. The van der Waals surface area contributed by atoms with Crippen LogP contribution in [0.15, 0.2) is 36.5 Å². The Kier molecular flexibility index (Phi) is 4.25. The van der Waals surface area contributed by atoms with Gasteiger partial charge in [-0.1, -0.05) is 37.6 Å². The van der Waals surface area contributed by atoms with E-state index in [1.54, 1.807) is 0 Å². The van der Waals surface area contributed by atoms with E-state index in [0.29, 0.717) is 11.5 Å². The van der Waals surface area contributed by atoms with E-state index in [1.165, 1.54) is 12.3 Å². The summed E-state index contributed by atoms with van der Waals surface area (Å²) in [4.78, 5) is 16.0. The van der Waals surface area contributed by atoms with Crippen LogP contribution in [-0.4, -0.2) is 10.9 Å². The van der Waals surface area contributed by atoms with Crippen LogP contribution in [0.2, 0.25) is 5.02 Å². The molecule has 0 radical (unpaired) electrons. The van der Waals surface area contributed by atoms with Gasteiger partial charge in [-0.15, -0.1) is 0 Å². The first-order valence-corrected chi connectivity index (χ1v) is 6.67. The van der Waals surface area contributed by atoms with Crippen molar-refractivity contribution in [3.8, 4) is 0 Å². The van der Waals surface area contributed by atoms with Gasteiger partial charge in [-0.2, -0.15) is 0 Å². The predicted octanol–water partition coefficient (Wildman–Crippen LogP) is 3.69. The summed E-state index contributed by atoms with van der Waals surface area (Å²) < 4.78 is 0. The van der Waals surface area contributed by atoms with Gasteiger partial charge in [0.15, 0.2) is 0 Å². The average Bonchev–Trinajstić information content (AvgIpc) is 2.41. The Labute approximate surface area is 123 Å². The Bertz CT molecular complexity index is 641. The lowest BCUT2D eigenvalue weighted by molar-refractivity contribution is 0.102. The smallest absolute Gasteiger partial charge is 0.257 e. The quantitative estimate of drug-likeness (QED) is 0.905. The molecule has 20 heavy (non-hydrogen) atoms. The van der Waals surface area contributed by atoms with E-state index in [1.807, 2.05) is 24.3 Å². The number of benzene rings is 1. The fourth-order valence-corrected chi connectivity index (χ4v) is 1.99. The fourth-order valence-electron chi connectivity index (χ4n) is 1.80. The molecule has 2 aromatic rings. The van der Waals surface area contributed by atoms with Crippen molar-refractivity contribution in [1.29, 1.82) is 0 Å². The van der Waals surface area contributed by atoms with Crippen LogP contribution < -0.4 is 11.1 Å². The number of carbonyl (C=O) groups excluding carboxylic acids is 1. The van der Waals surface area contributed by atoms with E-state index in [2.05, 4.69) is 24.1 Å². The van der Waals surface area contributed by atoms with Crippen LogP contribution in [0.4, 0.5) is 11.5 Å². The molecule has 0 aliphatic rings. The third kappa shape index (κ3) is 3.27. The molecule has 1 aromatic carbocycles. The topological polar surface area (TPSA) is 68.0 Å². The molecule has 0 saturated carbocycles. The molecule has 0 saturated heterocycles. The summed E-state index contributed by atoms with van der Waals surface area (Å²) in [7, 11) is 0. The van der Waals surface area contributed by atoms with Gasteiger partial charge in [-0.25, -0.2) is 4.98 Å². The summed E-state index contributed by atoms with van der Waals surface area (Å²) in [5, 5.41) is 3.09. The maximum atomic E-state index is 12.2. The van der Waals surface area contributed by atoms with Gasteiger partial charge in [0, 0.05) is 11.9 Å². The second-order valence-corrected chi connectivity index (χ2v) is 5.23. The molecule has 104 valence electrons. The number of nitrogens with one attached hydrogen (secondary N) is 1. The predicted molar refractivity (Wildman–Crippen MR) is 82.1 cm³/mol. The van der Waals surface area contributed by atoms with Crippen LogP contribution in [0.25, 0.3) is 0 Å². The van der Waals surface area contributed by atoms with Crippen LogP contribution in [0.5, 0.6) is 0 Å². The third-order valence-corrected chi connectivity index (χ3v) is 3.23. The molecular weight excluding hydrogens is 274 g/mol. The number of halogens is 1. The van der Waals surface area contributed by atoms with Crippen LogP contribution in [0.3, 0.4) is 0 Å². The van der Waals surface area contributed by atoms with Crippen molar-refractivity contribution in [2.24, 2.45) is 0 Å². The first kappa shape index (κ1) is 14.3. The summed E-state index contributed by atoms with van der Waals surface area (Å²) >= 11 is 5.96. The maximum absolute atomic E-state index is 12.2. The van der Waals surface area contributed by atoms with E-state index in [-0.39, 0.29) is 16.7 Å². The Balaban J connectivity index is 2.23. The van der Waals surface area contributed by atoms with Crippen molar-refractivity contribution < 1.29 is 4.79 Å². The summed E-state index contributed by atoms with van der Waals surface area (Å²) in [5.74, 6) is 0.354. The summed E-state index contributed by atoms with van der Waals surface area (Å²) in [6, 6.07) is 9.18. The van der Waals surface area contributed by atoms with Gasteiger partial charge in [0.1, 0.15) is 5.82 Å². The number of aromatic nitrogens is 1. The highest BCUT2D eigenvalue weighted by molar-refractivity contribution is 6.34. The Morgan fingerprint density at radius 1 is 1.35 bits per heavy atom. The molecule has 3 N–H and O–H groups in total. The maximum Gasteiger partial charge on any atom is 0.257 e. The standard InChI is InChI=1S/C15H16ClN3O/c1-9(2)10-4-3-5-11(6-10)19-15(20)12-7-14(17)18-8-13(12)16/h3-9H,1-2H3,(H2,17,18)(H,19,20). The molecular formula is C15H16ClN3O. The molecule has 0 aliphatic heterocycles. The van der Waals surface area contributed by atoms with E-state index in [9.17, 15) is 4.79 Å².